The Hall–Kier alpha value is -3.41. The van der Waals surface area contributed by atoms with E-state index in [1.165, 1.54) is 0 Å². The topological polar surface area (TPSA) is 95.5 Å². The van der Waals surface area contributed by atoms with Gasteiger partial charge in [-0.2, -0.15) is 0 Å². The summed E-state index contributed by atoms with van der Waals surface area (Å²) < 4.78 is 0. The molecule has 6 heteroatoms. The van der Waals surface area contributed by atoms with E-state index in [4.69, 9.17) is 5.11 Å². The third-order valence-electron chi connectivity index (χ3n) is 3.27. The number of aliphatic carboxylic acids is 1. The van der Waals surface area contributed by atoms with Gasteiger partial charge < -0.3 is 15.7 Å². The monoisotopic (exact) mass is 338 g/mol. The van der Waals surface area contributed by atoms with Gasteiger partial charge in [0.25, 0.3) is 5.91 Å². The van der Waals surface area contributed by atoms with Crippen molar-refractivity contribution in [2.24, 2.45) is 0 Å². The summed E-state index contributed by atoms with van der Waals surface area (Å²) in [5.41, 5.74) is 3.74. The van der Waals surface area contributed by atoms with Crippen LogP contribution in [0.4, 0.5) is 11.4 Å². The number of rotatable bonds is 5. The van der Waals surface area contributed by atoms with Crippen molar-refractivity contribution in [3.63, 3.8) is 0 Å². The summed E-state index contributed by atoms with van der Waals surface area (Å²) in [5, 5.41) is 13.8. The molecule has 0 bridgehead atoms. The minimum Gasteiger partial charge on any atom is -0.478 e. The number of anilines is 2. The third-order valence-corrected chi connectivity index (χ3v) is 3.27. The van der Waals surface area contributed by atoms with Crippen LogP contribution in [0.5, 0.6) is 0 Å². The molecule has 0 spiro atoms. The van der Waals surface area contributed by atoms with Crippen molar-refractivity contribution in [2.75, 3.05) is 10.6 Å². The van der Waals surface area contributed by atoms with Crippen molar-refractivity contribution in [3.8, 4) is 0 Å². The molecular weight excluding hydrogens is 320 g/mol. The van der Waals surface area contributed by atoms with Crippen LogP contribution in [-0.2, 0) is 9.59 Å². The second-order valence-corrected chi connectivity index (χ2v) is 5.57. The van der Waals surface area contributed by atoms with Gasteiger partial charge in [0.05, 0.1) is 0 Å². The lowest BCUT2D eigenvalue weighted by molar-refractivity contribution is -0.131. The first kappa shape index (κ1) is 17.9. The summed E-state index contributed by atoms with van der Waals surface area (Å²) in [6.07, 6.45) is 1.67. The van der Waals surface area contributed by atoms with Gasteiger partial charge >= 0.3 is 5.97 Å². The van der Waals surface area contributed by atoms with Crippen LogP contribution >= 0.6 is 0 Å². The van der Waals surface area contributed by atoms with Gasteiger partial charge in [-0.3, -0.25) is 9.59 Å². The Kier molecular flexibility index (Phi) is 5.68. The summed E-state index contributed by atoms with van der Waals surface area (Å²) in [6, 6.07) is 12.1. The Morgan fingerprint density at radius 2 is 1.44 bits per heavy atom. The summed E-state index contributed by atoms with van der Waals surface area (Å²) in [5.74, 6) is -2.02. The van der Waals surface area contributed by atoms with Gasteiger partial charge in [-0.1, -0.05) is 6.07 Å². The summed E-state index contributed by atoms with van der Waals surface area (Å²) in [7, 11) is 0. The second kappa shape index (κ2) is 7.92. The fourth-order valence-corrected chi connectivity index (χ4v) is 2.29. The zero-order chi connectivity index (χ0) is 18.4. The van der Waals surface area contributed by atoms with Crippen molar-refractivity contribution < 1.29 is 19.5 Å². The molecule has 0 heterocycles. The number of carboxylic acid groups (broad SMARTS) is 1. The molecule has 0 saturated carbocycles. The SMILES string of the molecule is Cc1cc(C)cc(NC(=O)c2ccc(NC(=O)/C=C\C(=O)O)cc2)c1. The Labute approximate surface area is 145 Å². The van der Waals surface area contributed by atoms with Crippen molar-refractivity contribution in [1.29, 1.82) is 0 Å². The van der Waals surface area contributed by atoms with Crippen molar-refractivity contribution in [3.05, 3.63) is 71.3 Å². The first-order chi connectivity index (χ1) is 11.8. The number of carbonyl (C=O) groups is 3. The molecule has 0 aliphatic carbocycles. The van der Waals surface area contributed by atoms with Gasteiger partial charge in [0.2, 0.25) is 5.91 Å². The minimum atomic E-state index is -1.20. The summed E-state index contributed by atoms with van der Waals surface area (Å²) in [4.78, 5) is 34.1. The molecule has 25 heavy (non-hydrogen) atoms. The molecular formula is C19H18N2O4. The first-order valence-electron chi connectivity index (χ1n) is 7.55. The highest BCUT2D eigenvalue weighted by atomic mass is 16.4. The zero-order valence-corrected chi connectivity index (χ0v) is 13.9. The van der Waals surface area contributed by atoms with Crippen LogP contribution in [-0.4, -0.2) is 22.9 Å². The number of hydrogen-bond acceptors (Lipinski definition) is 3. The Morgan fingerprint density at radius 3 is 2.00 bits per heavy atom. The number of carboxylic acids is 1. The molecule has 0 aliphatic rings. The molecule has 2 amide bonds. The lowest BCUT2D eigenvalue weighted by Crippen LogP contribution is -2.13. The second-order valence-electron chi connectivity index (χ2n) is 5.57. The molecule has 0 unspecified atom stereocenters. The van der Waals surface area contributed by atoms with E-state index in [1.54, 1.807) is 24.3 Å². The lowest BCUT2D eigenvalue weighted by Gasteiger charge is -2.08. The van der Waals surface area contributed by atoms with Crippen LogP contribution in [0.1, 0.15) is 21.5 Å². The van der Waals surface area contributed by atoms with Crippen LogP contribution in [0, 0.1) is 13.8 Å². The van der Waals surface area contributed by atoms with Crippen LogP contribution in [0.3, 0.4) is 0 Å². The van der Waals surface area contributed by atoms with Crippen LogP contribution in [0.25, 0.3) is 0 Å². The van der Waals surface area contributed by atoms with Crippen LogP contribution in [0.2, 0.25) is 0 Å². The molecule has 128 valence electrons. The van der Waals surface area contributed by atoms with E-state index in [2.05, 4.69) is 10.6 Å². The van der Waals surface area contributed by atoms with E-state index in [0.29, 0.717) is 11.3 Å². The summed E-state index contributed by atoms with van der Waals surface area (Å²) >= 11 is 0. The maximum atomic E-state index is 12.3. The van der Waals surface area contributed by atoms with Gasteiger partial charge in [0.1, 0.15) is 0 Å². The molecule has 6 nitrogen and oxygen atoms in total. The molecule has 2 aromatic rings. The smallest absolute Gasteiger partial charge is 0.328 e. The molecule has 3 N–H and O–H groups in total. The van der Waals surface area contributed by atoms with Gasteiger partial charge in [-0.05, 0) is 61.4 Å². The van der Waals surface area contributed by atoms with Gasteiger partial charge in [0.15, 0.2) is 0 Å². The van der Waals surface area contributed by atoms with E-state index in [-0.39, 0.29) is 5.91 Å². The van der Waals surface area contributed by atoms with Gasteiger partial charge in [-0.15, -0.1) is 0 Å². The number of nitrogens with one attached hydrogen (secondary N) is 2. The van der Waals surface area contributed by atoms with E-state index in [1.807, 2.05) is 32.0 Å². The molecule has 0 saturated heterocycles. The number of carbonyl (C=O) groups excluding carboxylic acids is 2. The fourth-order valence-electron chi connectivity index (χ4n) is 2.29. The number of hydrogen-bond donors (Lipinski definition) is 3. The van der Waals surface area contributed by atoms with Crippen molar-refractivity contribution in [1.82, 2.24) is 0 Å². The van der Waals surface area contributed by atoms with Crippen molar-refractivity contribution >= 4 is 29.2 Å². The molecule has 2 rings (SSSR count). The van der Waals surface area contributed by atoms with Crippen LogP contribution < -0.4 is 10.6 Å². The highest BCUT2D eigenvalue weighted by molar-refractivity contribution is 6.05. The predicted molar refractivity (Wildman–Crippen MR) is 95.7 cm³/mol. The summed E-state index contributed by atoms with van der Waals surface area (Å²) in [6.45, 7) is 3.91. The van der Waals surface area contributed by atoms with Gasteiger partial charge in [-0.25, -0.2) is 4.79 Å². The van der Waals surface area contributed by atoms with Crippen LogP contribution in [0.15, 0.2) is 54.6 Å². The molecule has 0 atom stereocenters. The largest absolute Gasteiger partial charge is 0.478 e. The van der Waals surface area contributed by atoms with E-state index in [0.717, 1.165) is 29.0 Å². The molecule has 0 fully saturated rings. The standard InChI is InChI=1S/C19H18N2O4/c1-12-9-13(2)11-16(10-12)21-19(25)14-3-5-15(6-4-14)20-17(22)7-8-18(23)24/h3-11H,1-2H3,(H,20,22)(H,21,25)(H,23,24)/b8-7-. The van der Waals surface area contributed by atoms with E-state index < -0.39 is 11.9 Å². The highest BCUT2D eigenvalue weighted by Gasteiger charge is 2.07. The molecule has 0 radical (unpaired) electrons. The number of amides is 2. The maximum absolute atomic E-state index is 12.3. The number of benzene rings is 2. The average Bonchev–Trinajstić information content (AvgIpc) is 2.52. The van der Waals surface area contributed by atoms with E-state index >= 15 is 0 Å². The zero-order valence-electron chi connectivity index (χ0n) is 13.9. The predicted octanol–water partition coefficient (Wildman–Crippen LogP) is 3.14. The Balaban J connectivity index is 2.02. The number of aryl methyl sites for hydroxylation is 2. The fraction of sp³-hybridized carbons (Fsp3) is 0.105. The quantitative estimate of drug-likeness (QED) is 0.730. The molecule has 0 aliphatic heterocycles. The maximum Gasteiger partial charge on any atom is 0.328 e. The molecule has 2 aromatic carbocycles. The first-order valence-corrected chi connectivity index (χ1v) is 7.55. The Morgan fingerprint density at radius 1 is 0.840 bits per heavy atom. The Bertz CT molecular complexity index is 819. The average molecular weight is 338 g/mol. The normalized spacial score (nSPS) is 10.5. The highest BCUT2D eigenvalue weighted by Crippen LogP contribution is 2.16. The third kappa shape index (κ3) is 5.62. The minimum absolute atomic E-state index is 0.256. The van der Waals surface area contributed by atoms with Gasteiger partial charge in [0, 0.05) is 29.1 Å². The van der Waals surface area contributed by atoms with Crippen molar-refractivity contribution in [2.45, 2.75) is 13.8 Å². The van der Waals surface area contributed by atoms with E-state index in [9.17, 15) is 14.4 Å². The molecule has 0 aromatic heterocycles. The lowest BCUT2D eigenvalue weighted by atomic mass is 10.1.